The summed E-state index contributed by atoms with van der Waals surface area (Å²) in [7, 11) is 0. The molecule has 31 heavy (non-hydrogen) atoms. The molecule has 1 amide bonds. The van der Waals surface area contributed by atoms with E-state index in [1.54, 1.807) is 18.5 Å². The molecule has 0 radical (unpaired) electrons. The second-order valence-electron chi connectivity index (χ2n) is 6.83. The molecule has 0 saturated heterocycles. The van der Waals surface area contributed by atoms with E-state index in [0.717, 1.165) is 42.8 Å². The molecule has 8 heteroatoms. The van der Waals surface area contributed by atoms with Crippen LogP contribution in [-0.2, 0) is 4.74 Å². The zero-order valence-electron chi connectivity index (χ0n) is 18.0. The first-order chi connectivity index (χ1) is 15.1. The second kappa shape index (κ2) is 11.3. The van der Waals surface area contributed by atoms with Crippen molar-refractivity contribution in [2.45, 2.75) is 33.6 Å². The van der Waals surface area contributed by atoms with Crippen LogP contribution in [0.3, 0.4) is 0 Å². The summed E-state index contributed by atoms with van der Waals surface area (Å²) in [6, 6.07) is 9.31. The number of aromatic nitrogens is 4. The maximum absolute atomic E-state index is 12.5. The van der Waals surface area contributed by atoms with Gasteiger partial charge in [-0.25, -0.2) is 9.97 Å². The Bertz CT molecular complexity index is 1100. The lowest BCUT2D eigenvalue weighted by Crippen LogP contribution is -2.12. The predicted molar refractivity (Wildman–Crippen MR) is 126 cm³/mol. The number of ether oxygens (including phenoxy) is 1. The molecule has 2 N–H and O–H groups in total. The van der Waals surface area contributed by atoms with Gasteiger partial charge in [-0.2, -0.15) is 0 Å². The van der Waals surface area contributed by atoms with Crippen molar-refractivity contribution in [3.63, 3.8) is 0 Å². The van der Waals surface area contributed by atoms with Gasteiger partial charge in [-0.3, -0.25) is 15.1 Å². The van der Waals surface area contributed by atoms with Crippen molar-refractivity contribution >= 4 is 33.4 Å². The summed E-state index contributed by atoms with van der Waals surface area (Å²) < 4.78 is 5.13. The zero-order chi connectivity index (χ0) is 22.1. The predicted octanol–water partition coefficient (Wildman–Crippen LogP) is 5.47. The van der Waals surface area contributed by atoms with Gasteiger partial charge >= 0.3 is 0 Å². The summed E-state index contributed by atoms with van der Waals surface area (Å²) >= 11 is 1.38. The molecule has 4 rings (SSSR count). The summed E-state index contributed by atoms with van der Waals surface area (Å²) in [6.07, 6.45) is 5.67. The molecular weight excluding hydrogens is 410 g/mol. The molecule has 0 fully saturated rings. The van der Waals surface area contributed by atoms with Crippen LogP contribution in [0.15, 0.2) is 48.1 Å². The first-order valence-corrected chi connectivity index (χ1v) is 11.2. The summed E-state index contributed by atoms with van der Waals surface area (Å²) in [5, 5.41) is 5.17. The number of imidazole rings is 1. The number of hydrogen-bond acceptors (Lipinski definition) is 6. The molecule has 162 valence electrons. The van der Waals surface area contributed by atoms with E-state index < -0.39 is 0 Å². The molecule has 0 unspecified atom stereocenters. The van der Waals surface area contributed by atoms with Crippen molar-refractivity contribution in [3.05, 3.63) is 59.4 Å². The standard InChI is InChI=1S/C17H13N5OS.C6H14O/c1-10-11(5-3-7-18-10)15-20-13-6-2-4-12(14(13)21-15)16(23)22-17-19-8-9-24-17;1-3-5-7-6-4-2/h2-9H,1H3,(H,20,21)(H,19,22,23);3-6H2,1-2H3. The van der Waals surface area contributed by atoms with Gasteiger partial charge in [-0.05, 0) is 44.0 Å². The Morgan fingerprint density at radius 2 is 1.90 bits per heavy atom. The van der Waals surface area contributed by atoms with Crippen molar-refractivity contribution in [1.82, 2.24) is 19.9 Å². The summed E-state index contributed by atoms with van der Waals surface area (Å²) in [5.74, 6) is 0.474. The van der Waals surface area contributed by atoms with Gasteiger partial charge in [0.1, 0.15) is 11.3 Å². The molecule has 0 spiro atoms. The second-order valence-corrected chi connectivity index (χ2v) is 7.72. The minimum absolute atomic E-state index is 0.225. The van der Waals surface area contributed by atoms with Crippen molar-refractivity contribution < 1.29 is 9.53 Å². The van der Waals surface area contributed by atoms with Crippen LogP contribution in [0, 0.1) is 6.92 Å². The lowest BCUT2D eigenvalue weighted by Gasteiger charge is -2.02. The molecule has 3 aromatic heterocycles. The molecule has 1 aromatic carbocycles. The SMILES string of the molecule is CCCOCCC.Cc1ncccc1-c1nc2c(C(=O)Nc3nccs3)cccc2[nH]1. The highest BCUT2D eigenvalue weighted by atomic mass is 32.1. The van der Waals surface area contributed by atoms with Gasteiger partial charge in [-0.1, -0.05) is 19.9 Å². The van der Waals surface area contributed by atoms with Crippen molar-refractivity contribution in [2.75, 3.05) is 18.5 Å². The fourth-order valence-electron chi connectivity index (χ4n) is 2.92. The minimum atomic E-state index is -0.225. The number of H-pyrrole nitrogens is 1. The van der Waals surface area contributed by atoms with Crippen LogP contribution in [-0.4, -0.2) is 39.1 Å². The van der Waals surface area contributed by atoms with Gasteiger partial charge < -0.3 is 9.72 Å². The number of amides is 1. The van der Waals surface area contributed by atoms with Crippen molar-refractivity contribution in [2.24, 2.45) is 0 Å². The number of hydrogen-bond donors (Lipinski definition) is 2. The molecule has 0 aliphatic heterocycles. The largest absolute Gasteiger partial charge is 0.381 e. The maximum Gasteiger partial charge on any atom is 0.259 e. The molecule has 0 atom stereocenters. The number of anilines is 1. The number of aromatic amines is 1. The van der Waals surface area contributed by atoms with E-state index in [1.807, 2.05) is 36.6 Å². The first-order valence-electron chi connectivity index (χ1n) is 10.3. The van der Waals surface area contributed by atoms with Crippen molar-refractivity contribution in [1.29, 1.82) is 0 Å². The Hall–Kier alpha value is -3.10. The topological polar surface area (TPSA) is 92.8 Å². The lowest BCUT2D eigenvalue weighted by molar-refractivity contribution is 0.102. The van der Waals surface area contributed by atoms with Crippen LogP contribution >= 0.6 is 11.3 Å². The number of aryl methyl sites for hydroxylation is 1. The number of thiazole rings is 1. The van der Waals surface area contributed by atoms with E-state index in [2.05, 4.69) is 39.1 Å². The van der Waals surface area contributed by atoms with Crippen LogP contribution in [0.4, 0.5) is 5.13 Å². The number of fused-ring (bicyclic) bond motifs is 1. The summed E-state index contributed by atoms with van der Waals surface area (Å²) in [5.41, 5.74) is 3.74. The number of benzene rings is 1. The fourth-order valence-corrected chi connectivity index (χ4v) is 3.44. The Labute approximate surface area is 185 Å². The highest BCUT2D eigenvalue weighted by molar-refractivity contribution is 7.13. The quantitative estimate of drug-likeness (QED) is 0.374. The molecule has 3 heterocycles. The van der Waals surface area contributed by atoms with Crippen LogP contribution in [0.1, 0.15) is 42.7 Å². The highest BCUT2D eigenvalue weighted by Crippen LogP contribution is 2.25. The molecule has 0 aliphatic carbocycles. The third-order valence-electron chi connectivity index (χ3n) is 4.37. The number of carbonyl (C=O) groups is 1. The molecular formula is C23H27N5O2S. The van der Waals surface area contributed by atoms with Gasteiger partial charge in [0, 0.05) is 42.2 Å². The molecule has 4 aromatic rings. The zero-order valence-corrected chi connectivity index (χ0v) is 18.8. The molecule has 0 saturated carbocycles. The normalized spacial score (nSPS) is 10.5. The molecule has 0 bridgehead atoms. The monoisotopic (exact) mass is 437 g/mol. The fraction of sp³-hybridized carbons (Fsp3) is 0.304. The van der Waals surface area contributed by atoms with Crippen molar-refractivity contribution in [3.8, 4) is 11.4 Å². The smallest absolute Gasteiger partial charge is 0.259 e. The van der Waals surface area contributed by atoms with Gasteiger partial charge in [0.15, 0.2) is 5.13 Å². The molecule has 7 nitrogen and oxygen atoms in total. The summed E-state index contributed by atoms with van der Waals surface area (Å²) in [4.78, 5) is 28.8. The van der Waals surface area contributed by atoms with E-state index >= 15 is 0 Å². The van der Waals surface area contributed by atoms with Gasteiger partial charge in [0.25, 0.3) is 5.91 Å². The van der Waals surface area contributed by atoms with E-state index in [9.17, 15) is 4.79 Å². The number of nitrogens with zero attached hydrogens (tertiary/aromatic N) is 3. The Morgan fingerprint density at radius 1 is 1.10 bits per heavy atom. The van der Waals surface area contributed by atoms with Crippen LogP contribution in [0.25, 0.3) is 22.4 Å². The first kappa shape index (κ1) is 22.6. The Balaban J connectivity index is 0.000000339. The van der Waals surface area contributed by atoms with E-state index in [-0.39, 0.29) is 5.91 Å². The third kappa shape index (κ3) is 5.96. The number of rotatable bonds is 7. The van der Waals surface area contributed by atoms with Gasteiger partial charge in [0.2, 0.25) is 0 Å². The van der Waals surface area contributed by atoms with Gasteiger partial charge in [0.05, 0.1) is 11.1 Å². The van der Waals surface area contributed by atoms with E-state index in [4.69, 9.17) is 4.74 Å². The minimum Gasteiger partial charge on any atom is -0.381 e. The Kier molecular flexibility index (Phi) is 8.26. The Morgan fingerprint density at radius 3 is 2.58 bits per heavy atom. The number of pyridine rings is 1. The molecule has 0 aliphatic rings. The average molecular weight is 438 g/mol. The third-order valence-corrected chi connectivity index (χ3v) is 5.06. The number of para-hydroxylation sites is 1. The van der Waals surface area contributed by atoms with E-state index in [0.29, 0.717) is 22.0 Å². The number of carbonyl (C=O) groups excluding carboxylic acids is 1. The maximum atomic E-state index is 12.5. The lowest BCUT2D eigenvalue weighted by atomic mass is 10.2. The van der Waals surface area contributed by atoms with Crippen LogP contribution < -0.4 is 5.32 Å². The van der Waals surface area contributed by atoms with Gasteiger partial charge in [-0.15, -0.1) is 11.3 Å². The average Bonchev–Trinajstić information content (AvgIpc) is 3.44. The van der Waals surface area contributed by atoms with Crippen LogP contribution in [0.2, 0.25) is 0 Å². The van der Waals surface area contributed by atoms with Crippen LogP contribution in [0.5, 0.6) is 0 Å². The summed E-state index contributed by atoms with van der Waals surface area (Å²) in [6.45, 7) is 8.02. The highest BCUT2D eigenvalue weighted by Gasteiger charge is 2.16. The van der Waals surface area contributed by atoms with E-state index in [1.165, 1.54) is 11.3 Å². The number of nitrogens with one attached hydrogen (secondary N) is 2.